The zero-order valence-corrected chi connectivity index (χ0v) is 16.1. The lowest BCUT2D eigenvalue weighted by molar-refractivity contribution is -0.116. The lowest BCUT2D eigenvalue weighted by Crippen LogP contribution is -2.23. The van der Waals surface area contributed by atoms with E-state index in [4.69, 9.17) is 9.88 Å². The van der Waals surface area contributed by atoms with E-state index in [0.29, 0.717) is 37.6 Å². The molecule has 0 spiro atoms. The summed E-state index contributed by atoms with van der Waals surface area (Å²) in [5.74, 6) is 0.566. The van der Waals surface area contributed by atoms with Crippen LogP contribution < -0.4 is 20.5 Å². The number of sulfonamides is 1. The highest BCUT2D eigenvalue weighted by atomic mass is 32.2. The number of hydrogen-bond donors (Lipinski definition) is 3. The lowest BCUT2D eigenvalue weighted by Gasteiger charge is -2.11. The van der Waals surface area contributed by atoms with Crippen molar-refractivity contribution in [3.8, 4) is 5.75 Å². The summed E-state index contributed by atoms with van der Waals surface area (Å²) in [6, 6.07) is 13.8. The van der Waals surface area contributed by atoms with Crippen LogP contribution >= 0.6 is 0 Å². The summed E-state index contributed by atoms with van der Waals surface area (Å²) >= 11 is 0. The van der Waals surface area contributed by atoms with Crippen LogP contribution in [0.3, 0.4) is 0 Å². The number of nitrogens with two attached hydrogens (primary N) is 1. The molecule has 2 rings (SSSR count). The van der Waals surface area contributed by atoms with Crippen molar-refractivity contribution in [3.63, 3.8) is 0 Å². The van der Waals surface area contributed by atoms with Gasteiger partial charge in [-0.3, -0.25) is 4.79 Å². The third-order valence-corrected chi connectivity index (χ3v) is 4.76. The highest BCUT2D eigenvalue weighted by Gasteiger charge is 2.08. The number of primary sulfonamides is 1. The van der Waals surface area contributed by atoms with E-state index in [1.165, 1.54) is 12.1 Å². The smallest absolute Gasteiger partial charge is 0.238 e. The molecule has 146 valence electrons. The van der Waals surface area contributed by atoms with E-state index in [2.05, 4.69) is 10.6 Å². The van der Waals surface area contributed by atoms with Crippen LogP contribution in [0.4, 0.5) is 5.69 Å². The molecular weight excluding hydrogens is 366 g/mol. The normalized spacial score (nSPS) is 11.2. The van der Waals surface area contributed by atoms with E-state index in [-0.39, 0.29) is 10.8 Å². The van der Waals surface area contributed by atoms with Crippen molar-refractivity contribution in [1.29, 1.82) is 0 Å². The lowest BCUT2D eigenvalue weighted by atomic mass is 10.1. The van der Waals surface area contributed by atoms with E-state index in [0.717, 1.165) is 12.0 Å². The Morgan fingerprint density at radius 1 is 1.07 bits per heavy atom. The Bertz CT molecular complexity index is 852. The van der Waals surface area contributed by atoms with Gasteiger partial charge >= 0.3 is 0 Å². The molecule has 0 aliphatic rings. The van der Waals surface area contributed by atoms with Gasteiger partial charge < -0.3 is 15.4 Å². The summed E-state index contributed by atoms with van der Waals surface area (Å²) in [5.41, 5.74) is 1.66. The van der Waals surface area contributed by atoms with Crippen molar-refractivity contribution >= 4 is 21.6 Å². The van der Waals surface area contributed by atoms with Gasteiger partial charge in [0, 0.05) is 13.0 Å². The number of hydrogen-bond acceptors (Lipinski definition) is 5. The predicted octanol–water partition coefficient (Wildman–Crippen LogP) is 1.89. The van der Waals surface area contributed by atoms with Gasteiger partial charge in [0.05, 0.1) is 17.2 Å². The molecule has 2 aromatic rings. The molecule has 0 aliphatic carbocycles. The maximum absolute atomic E-state index is 12.1. The van der Waals surface area contributed by atoms with E-state index in [9.17, 15) is 13.2 Å². The largest absolute Gasteiger partial charge is 0.492 e. The molecule has 0 fully saturated rings. The average molecular weight is 391 g/mol. The Hall–Kier alpha value is -2.42. The molecule has 0 unspecified atom stereocenters. The SMILES string of the molecule is CCOc1ccccc1NC(=O)CCNCCc1ccc(S(N)(=O)=O)cc1. The van der Waals surface area contributed by atoms with Crippen LogP contribution in [0.2, 0.25) is 0 Å². The van der Waals surface area contributed by atoms with Crippen LogP contribution in [0.5, 0.6) is 5.75 Å². The highest BCUT2D eigenvalue weighted by molar-refractivity contribution is 7.89. The molecule has 0 saturated carbocycles. The number of para-hydroxylation sites is 2. The van der Waals surface area contributed by atoms with Crippen molar-refractivity contribution in [2.75, 3.05) is 25.0 Å². The maximum atomic E-state index is 12.1. The molecule has 8 heteroatoms. The van der Waals surface area contributed by atoms with Gasteiger partial charge in [-0.05, 0) is 49.7 Å². The number of benzene rings is 2. The van der Waals surface area contributed by atoms with Gasteiger partial charge in [-0.15, -0.1) is 0 Å². The summed E-state index contributed by atoms with van der Waals surface area (Å²) < 4.78 is 27.9. The molecule has 0 aliphatic heterocycles. The molecule has 1 amide bonds. The summed E-state index contributed by atoms with van der Waals surface area (Å²) in [6.45, 7) is 3.65. The number of nitrogens with one attached hydrogen (secondary N) is 2. The first kappa shape index (κ1) is 20.9. The number of ether oxygens (including phenoxy) is 1. The fourth-order valence-corrected chi connectivity index (χ4v) is 2.98. The van der Waals surface area contributed by atoms with E-state index >= 15 is 0 Å². The third-order valence-electron chi connectivity index (χ3n) is 3.83. The molecule has 0 radical (unpaired) electrons. The Morgan fingerprint density at radius 3 is 2.44 bits per heavy atom. The molecule has 2 aromatic carbocycles. The second-order valence-electron chi connectivity index (χ2n) is 5.92. The average Bonchev–Trinajstić information content (AvgIpc) is 2.63. The molecule has 4 N–H and O–H groups in total. The maximum Gasteiger partial charge on any atom is 0.238 e. The first-order chi connectivity index (χ1) is 12.9. The second kappa shape index (κ2) is 10.1. The molecular formula is C19H25N3O4S. The predicted molar refractivity (Wildman–Crippen MR) is 105 cm³/mol. The van der Waals surface area contributed by atoms with Crippen LogP contribution in [0, 0.1) is 0 Å². The minimum Gasteiger partial charge on any atom is -0.492 e. The van der Waals surface area contributed by atoms with Gasteiger partial charge in [0.25, 0.3) is 0 Å². The van der Waals surface area contributed by atoms with Crippen LogP contribution in [0.15, 0.2) is 53.4 Å². The number of carbonyl (C=O) groups excluding carboxylic acids is 1. The minimum atomic E-state index is -3.66. The van der Waals surface area contributed by atoms with Gasteiger partial charge in [-0.1, -0.05) is 24.3 Å². The Morgan fingerprint density at radius 2 is 1.78 bits per heavy atom. The van der Waals surface area contributed by atoms with Gasteiger partial charge in [-0.25, -0.2) is 13.6 Å². The fourth-order valence-electron chi connectivity index (χ4n) is 2.47. The molecule has 0 aromatic heterocycles. The first-order valence-corrected chi connectivity index (χ1v) is 10.3. The molecule has 0 atom stereocenters. The fraction of sp³-hybridized carbons (Fsp3) is 0.316. The van der Waals surface area contributed by atoms with E-state index in [1.807, 2.05) is 31.2 Å². The molecule has 27 heavy (non-hydrogen) atoms. The summed E-state index contributed by atoms with van der Waals surface area (Å²) in [5, 5.41) is 11.1. The van der Waals surface area contributed by atoms with Crippen molar-refractivity contribution in [2.24, 2.45) is 5.14 Å². The summed E-state index contributed by atoms with van der Waals surface area (Å²) in [4.78, 5) is 12.2. The van der Waals surface area contributed by atoms with Crippen LogP contribution in [-0.2, 0) is 21.2 Å². The summed E-state index contributed by atoms with van der Waals surface area (Å²) in [7, 11) is -3.66. The molecule has 0 saturated heterocycles. The first-order valence-electron chi connectivity index (χ1n) is 8.74. The molecule has 0 bridgehead atoms. The Balaban J connectivity index is 1.70. The molecule has 7 nitrogen and oxygen atoms in total. The number of anilines is 1. The Labute approximate surface area is 160 Å². The van der Waals surface area contributed by atoms with Crippen molar-refractivity contribution in [1.82, 2.24) is 5.32 Å². The monoisotopic (exact) mass is 391 g/mol. The number of amides is 1. The van der Waals surface area contributed by atoms with Gasteiger partial charge in [0.15, 0.2) is 0 Å². The minimum absolute atomic E-state index is 0.0906. The van der Waals surface area contributed by atoms with Crippen LogP contribution in [0.25, 0.3) is 0 Å². The van der Waals surface area contributed by atoms with E-state index in [1.54, 1.807) is 12.1 Å². The zero-order chi connectivity index (χ0) is 19.7. The highest BCUT2D eigenvalue weighted by Crippen LogP contribution is 2.23. The summed E-state index contributed by atoms with van der Waals surface area (Å²) in [6.07, 6.45) is 1.06. The van der Waals surface area contributed by atoms with Crippen LogP contribution in [0.1, 0.15) is 18.9 Å². The Kier molecular flexibility index (Phi) is 7.78. The van der Waals surface area contributed by atoms with Crippen LogP contribution in [-0.4, -0.2) is 34.0 Å². The van der Waals surface area contributed by atoms with E-state index < -0.39 is 10.0 Å². The molecule has 0 heterocycles. The van der Waals surface area contributed by atoms with Gasteiger partial charge in [0.2, 0.25) is 15.9 Å². The quantitative estimate of drug-likeness (QED) is 0.536. The number of carbonyl (C=O) groups is 1. The second-order valence-corrected chi connectivity index (χ2v) is 7.48. The zero-order valence-electron chi connectivity index (χ0n) is 15.3. The standard InChI is InChI=1S/C19H25N3O4S/c1-2-26-18-6-4-3-5-17(18)22-19(23)12-14-21-13-11-15-7-9-16(10-8-15)27(20,24)25/h3-10,21H,2,11-14H2,1H3,(H,22,23)(H2,20,24,25). The van der Waals surface area contributed by atoms with Gasteiger partial charge in [-0.2, -0.15) is 0 Å². The van der Waals surface area contributed by atoms with Crippen molar-refractivity contribution in [2.45, 2.75) is 24.7 Å². The topological polar surface area (TPSA) is 111 Å². The van der Waals surface area contributed by atoms with Crippen molar-refractivity contribution < 1.29 is 17.9 Å². The van der Waals surface area contributed by atoms with Gasteiger partial charge in [0.1, 0.15) is 5.75 Å². The number of rotatable bonds is 10. The third kappa shape index (κ3) is 7.01. The van der Waals surface area contributed by atoms with Crippen molar-refractivity contribution in [3.05, 3.63) is 54.1 Å².